The Hall–Kier alpha value is -1.63. The van der Waals surface area contributed by atoms with Gasteiger partial charge in [0.2, 0.25) is 0 Å². The summed E-state index contributed by atoms with van der Waals surface area (Å²) in [5.41, 5.74) is 0.707. The second-order valence-corrected chi connectivity index (χ2v) is 6.77. The molecule has 0 saturated carbocycles. The molecule has 0 aromatic heterocycles. The van der Waals surface area contributed by atoms with E-state index in [4.69, 9.17) is 14.2 Å². The van der Waals surface area contributed by atoms with Gasteiger partial charge in [0.15, 0.2) is 6.10 Å². The number of para-hydroxylation sites is 1. The summed E-state index contributed by atoms with van der Waals surface area (Å²) in [7, 11) is 0. The summed E-state index contributed by atoms with van der Waals surface area (Å²) in [4.78, 5) is 12.0. The maximum Gasteiger partial charge on any atom is 0.412 e. The van der Waals surface area contributed by atoms with E-state index in [9.17, 15) is 4.79 Å². The third-order valence-electron chi connectivity index (χ3n) is 4.41. The average molecular weight is 334 g/mol. The molecule has 3 rings (SSSR count). The number of carbonyl (C=O) groups is 1. The Labute approximate surface area is 142 Å². The molecule has 0 radical (unpaired) electrons. The first-order valence-electron chi connectivity index (χ1n) is 8.63. The highest BCUT2D eigenvalue weighted by atomic mass is 16.6. The molecule has 1 aromatic rings. The zero-order chi connectivity index (χ0) is 16.9. The summed E-state index contributed by atoms with van der Waals surface area (Å²) < 4.78 is 17.1. The topological polar surface area (TPSA) is 68.8 Å². The lowest BCUT2D eigenvalue weighted by atomic mass is 10.1. The fourth-order valence-corrected chi connectivity index (χ4v) is 3.10. The van der Waals surface area contributed by atoms with Gasteiger partial charge in [-0.05, 0) is 31.0 Å². The molecule has 0 unspecified atom stereocenters. The molecule has 2 heterocycles. The number of carbonyl (C=O) groups excluding carboxylic acids is 1. The molecule has 0 bridgehead atoms. The zero-order valence-corrected chi connectivity index (χ0v) is 14.2. The van der Waals surface area contributed by atoms with Crippen LogP contribution in [0.15, 0.2) is 30.3 Å². The number of rotatable bonds is 6. The number of nitrogens with one attached hydrogen (secondary N) is 2. The van der Waals surface area contributed by atoms with Crippen molar-refractivity contribution < 1.29 is 19.0 Å². The van der Waals surface area contributed by atoms with E-state index in [-0.39, 0.29) is 24.4 Å². The summed E-state index contributed by atoms with van der Waals surface area (Å²) in [6.45, 7) is 6.32. The van der Waals surface area contributed by atoms with Crippen LogP contribution < -0.4 is 10.6 Å². The van der Waals surface area contributed by atoms with E-state index in [2.05, 4.69) is 24.5 Å². The van der Waals surface area contributed by atoms with Crippen molar-refractivity contribution in [1.82, 2.24) is 5.32 Å². The first-order chi connectivity index (χ1) is 11.6. The molecule has 1 amide bonds. The minimum absolute atomic E-state index is 0.0494. The molecule has 2 fully saturated rings. The van der Waals surface area contributed by atoms with Gasteiger partial charge in [0.05, 0.1) is 19.3 Å². The van der Waals surface area contributed by atoms with E-state index in [0.29, 0.717) is 24.8 Å². The van der Waals surface area contributed by atoms with Gasteiger partial charge in [0, 0.05) is 5.69 Å². The van der Waals surface area contributed by atoms with Crippen molar-refractivity contribution in [2.75, 3.05) is 25.1 Å². The third-order valence-corrected chi connectivity index (χ3v) is 4.41. The zero-order valence-electron chi connectivity index (χ0n) is 14.2. The molecule has 2 N–H and O–H groups in total. The van der Waals surface area contributed by atoms with Gasteiger partial charge in [-0.15, -0.1) is 0 Å². The summed E-state index contributed by atoms with van der Waals surface area (Å²) in [6.07, 6.45) is 0.0356. The quantitative estimate of drug-likeness (QED) is 0.836. The Kier molecular flexibility index (Phi) is 5.71. The predicted octanol–water partition coefficient (Wildman–Crippen LogP) is 2.41. The van der Waals surface area contributed by atoms with Gasteiger partial charge in [0.25, 0.3) is 0 Å². The molecular formula is C18H26N2O4. The average Bonchev–Trinajstić information content (AvgIpc) is 3.12. The van der Waals surface area contributed by atoms with Crippen molar-refractivity contribution in [1.29, 1.82) is 0 Å². The molecule has 6 nitrogen and oxygen atoms in total. The molecule has 0 spiro atoms. The van der Waals surface area contributed by atoms with E-state index in [1.807, 2.05) is 30.3 Å². The van der Waals surface area contributed by atoms with Crippen molar-refractivity contribution in [2.24, 2.45) is 5.92 Å². The second-order valence-electron chi connectivity index (χ2n) is 6.77. The van der Waals surface area contributed by atoms with Gasteiger partial charge < -0.3 is 19.5 Å². The lowest BCUT2D eigenvalue weighted by Gasteiger charge is -2.18. The lowest BCUT2D eigenvalue weighted by Crippen LogP contribution is -2.42. The van der Waals surface area contributed by atoms with Gasteiger partial charge in [-0.3, -0.25) is 5.32 Å². The predicted molar refractivity (Wildman–Crippen MR) is 91.1 cm³/mol. The van der Waals surface area contributed by atoms with Gasteiger partial charge in [-0.2, -0.15) is 0 Å². The Bertz CT molecular complexity index is 537. The maximum atomic E-state index is 12.0. The molecule has 6 heteroatoms. The lowest BCUT2D eigenvalue weighted by molar-refractivity contribution is 0.00856. The minimum Gasteiger partial charge on any atom is -0.441 e. The van der Waals surface area contributed by atoms with E-state index in [1.165, 1.54) is 0 Å². The van der Waals surface area contributed by atoms with Crippen LogP contribution in [0, 0.1) is 5.92 Å². The highest BCUT2D eigenvalue weighted by molar-refractivity contribution is 5.84. The van der Waals surface area contributed by atoms with Crippen molar-refractivity contribution >= 4 is 11.8 Å². The van der Waals surface area contributed by atoms with Crippen LogP contribution in [0.2, 0.25) is 0 Å². The molecule has 132 valence electrons. The van der Waals surface area contributed by atoms with Crippen LogP contribution in [0.25, 0.3) is 0 Å². The molecule has 2 aliphatic rings. The van der Waals surface area contributed by atoms with Crippen LogP contribution in [0.4, 0.5) is 10.5 Å². The molecule has 1 aromatic carbocycles. The van der Waals surface area contributed by atoms with Crippen LogP contribution in [-0.4, -0.2) is 50.2 Å². The van der Waals surface area contributed by atoms with E-state index >= 15 is 0 Å². The number of benzene rings is 1. The van der Waals surface area contributed by atoms with Gasteiger partial charge in [-0.1, -0.05) is 32.0 Å². The van der Waals surface area contributed by atoms with Crippen molar-refractivity contribution in [2.45, 2.75) is 44.6 Å². The summed E-state index contributed by atoms with van der Waals surface area (Å²) in [5, 5.41) is 6.21. The smallest absolute Gasteiger partial charge is 0.412 e. The van der Waals surface area contributed by atoms with Gasteiger partial charge in [-0.25, -0.2) is 4.79 Å². The van der Waals surface area contributed by atoms with Crippen LogP contribution >= 0.6 is 0 Å². The number of anilines is 1. The van der Waals surface area contributed by atoms with Crippen molar-refractivity contribution in [3.8, 4) is 0 Å². The van der Waals surface area contributed by atoms with Crippen LogP contribution in [0.3, 0.4) is 0 Å². The standard InChI is InChI=1S/C18H26N2O4/c1-12(2)8-9-19-14-10-22-17-15(11-23-16(14)17)24-18(21)20-13-6-4-3-5-7-13/h3-7,12,14-17,19H,8-11H2,1-2H3,(H,20,21)/t14-,15-,16-,17+/m1/s1. The first-order valence-corrected chi connectivity index (χ1v) is 8.63. The molecule has 2 saturated heterocycles. The Morgan fingerprint density at radius 2 is 1.96 bits per heavy atom. The molecule has 0 aliphatic carbocycles. The second kappa shape index (κ2) is 7.96. The highest BCUT2D eigenvalue weighted by Gasteiger charge is 2.49. The van der Waals surface area contributed by atoms with Gasteiger partial charge >= 0.3 is 6.09 Å². The van der Waals surface area contributed by atoms with Crippen molar-refractivity contribution in [3.63, 3.8) is 0 Å². The molecule has 4 atom stereocenters. The fraction of sp³-hybridized carbons (Fsp3) is 0.611. The maximum absolute atomic E-state index is 12.0. The van der Waals surface area contributed by atoms with E-state index in [1.54, 1.807) is 0 Å². The largest absolute Gasteiger partial charge is 0.441 e. The fourth-order valence-electron chi connectivity index (χ4n) is 3.10. The Balaban J connectivity index is 1.46. The number of ether oxygens (including phenoxy) is 3. The minimum atomic E-state index is -0.477. The monoisotopic (exact) mass is 334 g/mol. The normalized spacial score (nSPS) is 28.8. The van der Waals surface area contributed by atoms with Crippen LogP contribution in [0.5, 0.6) is 0 Å². The third kappa shape index (κ3) is 4.26. The summed E-state index contributed by atoms with van der Waals surface area (Å²) >= 11 is 0. The van der Waals surface area contributed by atoms with Crippen LogP contribution in [-0.2, 0) is 14.2 Å². The molecule has 24 heavy (non-hydrogen) atoms. The van der Waals surface area contributed by atoms with Crippen molar-refractivity contribution in [3.05, 3.63) is 30.3 Å². The van der Waals surface area contributed by atoms with E-state index in [0.717, 1.165) is 13.0 Å². The summed E-state index contributed by atoms with van der Waals surface area (Å²) in [5.74, 6) is 0.665. The first kappa shape index (κ1) is 17.2. The highest BCUT2D eigenvalue weighted by Crippen LogP contribution is 2.29. The number of hydrogen-bond acceptors (Lipinski definition) is 5. The SMILES string of the molecule is CC(C)CCN[C@@H]1CO[C@@H]2[C@@H]1OC[C@H]2OC(=O)Nc1ccccc1. The molecular weight excluding hydrogens is 308 g/mol. The number of hydrogen-bond donors (Lipinski definition) is 2. The number of amides is 1. The Morgan fingerprint density at radius 3 is 2.71 bits per heavy atom. The Morgan fingerprint density at radius 1 is 1.21 bits per heavy atom. The van der Waals surface area contributed by atoms with Gasteiger partial charge in [0.1, 0.15) is 12.2 Å². The van der Waals surface area contributed by atoms with Crippen LogP contribution in [0.1, 0.15) is 20.3 Å². The molecule has 2 aliphatic heterocycles. The summed E-state index contributed by atoms with van der Waals surface area (Å²) in [6, 6.07) is 9.41. The number of fused-ring (bicyclic) bond motifs is 1. The van der Waals surface area contributed by atoms with E-state index < -0.39 is 6.09 Å².